The molecule has 3 aromatic rings. The second-order valence-corrected chi connectivity index (χ2v) is 11.7. The standard InChI is InChI=1S/C24H29ClN2O2S2/c1-18-22-16-21(25)10-11-23(22)30-24(18)31(28,29)26-13-6-2-3-7-14-27-15-12-19-8-4-5-9-20(19)17-27/h4-5,8-11,16,26H,2-3,6-7,12-15,17H2,1H3. The number of sulfonamides is 1. The molecule has 2 heterocycles. The van der Waals surface area contributed by atoms with Gasteiger partial charge in [-0.25, -0.2) is 13.1 Å². The number of nitrogens with zero attached hydrogens (tertiary/aromatic N) is 1. The molecule has 0 saturated heterocycles. The lowest BCUT2D eigenvalue weighted by molar-refractivity contribution is 0.248. The molecule has 7 heteroatoms. The molecule has 0 unspecified atom stereocenters. The average molecular weight is 477 g/mol. The molecular weight excluding hydrogens is 448 g/mol. The van der Waals surface area contributed by atoms with Gasteiger partial charge < -0.3 is 0 Å². The fourth-order valence-corrected chi connectivity index (χ4v) is 7.29. The van der Waals surface area contributed by atoms with Crippen LogP contribution in [0, 0.1) is 6.92 Å². The lowest BCUT2D eigenvalue weighted by atomic mass is 10.00. The van der Waals surface area contributed by atoms with Crippen molar-refractivity contribution < 1.29 is 8.42 Å². The quantitative estimate of drug-likeness (QED) is 0.399. The number of nitrogens with one attached hydrogen (secondary N) is 1. The summed E-state index contributed by atoms with van der Waals surface area (Å²) in [5, 5.41) is 1.54. The van der Waals surface area contributed by atoms with E-state index in [1.807, 2.05) is 19.1 Å². The summed E-state index contributed by atoms with van der Waals surface area (Å²) >= 11 is 7.37. The average Bonchev–Trinajstić information content (AvgIpc) is 3.09. The third-order valence-electron chi connectivity index (χ3n) is 6.00. The molecule has 1 aromatic heterocycles. The first-order chi connectivity index (χ1) is 14.9. The first-order valence-corrected chi connectivity index (χ1v) is 13.6. The first-order valence-electron chi connectivity index (χ1n) is 10.9. The molecule has 0 fully saturated rings. The second-order valence-electron chi connectivity index (χ2n) is 8.26. The molecule has 1 aliphatic rings. The van der Waals surface area contributed by atoms with Gasteiger partial charge >= 0.3 is 0 Å². The van der Waals surface area contributed by atoms with E-state index in [1.54, 1.807) is 6.07 Å². The lowest BCUT2D eigenvalue weighted by Crippen LogP contribution is -2.31. The summed E-state index contributed by atoms with van der Waals surface area (Å²) in [4.78, 5) is 2.53. The maximum atomic E-state index is 12.8. The number of halogens is 1. The number of aryl methyl sites for hydroxylation is 1. The molecule has 0 aliphatic carbocycles. The van der Waals surface area contributed by atoms with E-state index < -0.39 is 10.0 Å². The Morgan fingerprint density at radius 1 is 1.06 bits per heavy atom. The topological polar surface area (TPSA) is 49.4 Å². The highest BCUT2D eigenvalue weighted by atomic mass is 35.5. The highest BCUT2D eigenvalue weighted by Gasteiger charge is 2.21. The van der Waals surface area contributed by atoms with E-state index >= 15 is 0 Å². The van der Waals surface area contributed by atoms with Gasteiger partial charge in [0.15, 0.2) is 0 Å². The van der Waals surface area contributed by atoms with E-state index in [0.717, 1.165) is 67.4 Å². The van der Waals surface area contributed by atoms with Crippen LogP contribution in [0.5, 0.6) is 0 Å². The number of hydrogen-bond donors (Lipinski definition) is 1. The van der Waals surface area contributed by atoms with Crippen LogP contribution in [-0.2, 0) is 23.0 Å². The van der Waals surface area contributed by atoms with Crippen LogP contribution in [0.15, 0.2) is 46.7 Å². The summed E-state index contributed by atoms with van der Waals surface area (Å²) in [6.07, 6.45) is 5.32. The SMILES string of the molecule is Cc1c(S(=O)(=O)NCCCCCCN2CCc3ccccc3C2)sc2ccc(Cl)cc12. The van der Waals surface area contributed by atoms with Crippen molar-refractivity contribution in [2.24, 2.45) is 0 Å². The minimum Gasteiger partial charge on any atom is -0.299 e. The number of fused-ring (bicyclic) bond motifs is 2. The van der Waals surface area contributed by atoms with Crippen molar-refractivity contribution in [1.29, 1.82) is 0 Å². The maximum Gasteiger partial charge on any atom is 0.250 e. The molecular formula is C24H29ClN2O2S2. The molecule has 1 N–H and O–H groups in total. The molecule has 0 spiro atoms. The summed E-state index contributed by atoms with van der Waals surface area (Å²) in [7, 11) is -3.49. The largest absolute Gasteiger partial charge is 0.299 e. The van der Waals surface area contributed by atoms with Gasteiger partial charge in [-0.05, 0) is 73.0 Å². The van der Waals surface area contributed by atoms with Gasteiger partial charge in [-0.1, -0.05) is 48.7 Å². The molecule has 0 atom stereocenters. The van der Waals surface area contributed by atoms with E-state index in [9.17, 15) is 8.42 Å². The van der Waals surface area contributed by atoms with Crippen molar-refractivity contribution >= 4 is 43.0 Å². The molecule has 2 aromatic carbocycles. The van der Waals surface area contributed by atoms with Crippen LogP contribution in [0.2, 0.25) is 5.02 Å². The molecule has 1 aliphatic heterocycles. The Hall–Kier alpha value is -1.44. The Bertz CT molecular complexity index is 1160. The Labute approximate surface area is 194 Å². The Morgan fingerprint density at radius 2 is 1.84 bits per heavy atom. The second kappa shape index (κ2) is 10.0. The predicted octanol–water partition coefficient (Wildman–Crippen LogP) is 5.76. The van der Waals surface area contributed by atoms with Crippen LogP contribution < -0.4 is 4.72 Å². The lowest BCUT2D eigenvalue weighted by Gasteiger charge is -2.28. The van der Waals surface area contributed by atoms with Crippen LogP contribution in [0.1, 0.15) is 42.4 Å². The molecule has 4 nitrogen and oxygen atoms in total. The van der Waals surface area contributed by atoms with E-state index in [1.165, 1.54) is 22.5 Å². The fraction of sp³-hybridized carbons (Fsp3) is 0.417. The van der Waals surface area contributed by atoms with Gasteiger partial charge in [0.05, 0.1) is 0 Å². The van der Waals surface area contributed by atoms with Crippen molar-refractivity contribution in [2.45, 2.75) is 49.8 Å². The number of hydrogen-bond acceptors (Lipinski definition) is 4. The van der Waals surface area contributed by atoms with Gasteiger partial charge in [0.1, 0.15) is 4.21 Å². The van der Waals surface area contributed by atoms with Gasteiger partial charge in [-0.3, -0.25) is 4.90 Å². The first kappa shape index (κ1) is 22.7. The molecule has 0 radical (unpaired) electrons. The summed E-state index contributed by atoms with van der Waals surface area (Å²) in [6, 6.07) is 14.2. The van der Waals surface area contributed by atoms with Gasteiger partial charge in [0.25, 0.3) is 0 Å². The summed E-state index contributed by atoms with van der Waals surface area (Å²) < 4.78 is 29.7. The Kier molecular flexibility index (Phi) is 7.34. The zero-order valence-corrected chi connectivity index (χ0v) is 20.3. The molecule has 31 heavy (non-hydrogen) atoms. The van der Waals surface area contributed by atoms with Crippen LogP contribution >= 0.6 is 22.9 Å². The highest BCUT2D eigenvalue weighted by Crippen LogP contribution is 2.35. The Balaban J connectivity index is 1.19. The third kappa shape index (κ3) is 5.49. The predicted molar refractivity (Wildman–Crippen MR) is 131 cm³/mol. The monoisotopic (exact) mass is 476 g/mol. The van der Waals surface area contributed by atoms with E-state index in [2.05, 4.69) is 33.9 Å². The molecule has 4 rings (SSSR count). The molecule has 0 bridgehead atoms. The molecule has 166 valence electrons. The van der Waals surface area contributed by atoms with Crippen LogP contribution in [-0.4, -0.2) is 33.0 Å². The minimum absolute atomic E-state index is 0.398. The minimum atomic E-state index is -3.49. The van der Waals surface area contributed by atoms with Crippen LogP contribution in [0.4, 0.5) is 0 Å². The fourth-order valence-electron chi connectivity index (χ4n) is 4.26. The van der Waals surface area contributed by atoms with E-state index in [0.29, 0.717) is 15.8 Å². The van der Waals surface area contributed by atoms with Crippen molar-refractivity contribution in [1.82, 2.24) is 9.62 Å². The Morgan fingerprint density at radius 3 is 2.68 bits per heavy atom. The number of benzene rings is 2. The van der Waals surface area contributed by atoms with Crippen molar-refractivity contribution in [2.75, 3.05) is 19.6 Å². The van der Waals surface area contributed by atoms with Crippen LogP contribution in [0.25, 0.3) is 10.1 Å². The number of thiophene rings is 1. The summed E-state index contributed by atoms with van der Waals surface area (Å²) in [5.41, 5.74) is 3.73. The maximum absolute atomic E-state index is 12.8. The van der Waals surface area contributed by atoms with Gasteiger partial charge in [0.2, 0.25) is 10.0 Å². The summed E-state index contributed by atoms with van der Waals surface area (Å²) in [5.74, 6) is 0. The van der Waals surface area contributed by atoms with E-state index in [-0.39, 0.29) is 0 Å². The molecule has 0 amide bonds. The highest BCUT2D eigenvalue weighted by molar-refractivity contribution is 7.91. The van der Waals surface area contributed by atoms with Crippen molar-refractivity contribution in [3.05, 3.63) is 64.2 Å². The van der Waals surface area contributed by atoms with Crippen molar-refractivity contribution in [3.63, 3.8) is 0 Å². The zero-order chi connectivity index (χ0) is 21.8. The number of rotatable bonds is 9. The third-order valence-corrected chi connectivity index (χ3v) is 9.59. The zero-order valence-electron chi connectivity index (χ0n) is 17.9. The van der Waals surface area contributed by atoms with Crippen LogP contribution in [0.3, 0.4) is 0 Å². The normalized spacial score (nSPS) is 14.8. The van der Waals surface area contributed by atoms with Gasteiger partial charge in [0, 0.05) is 29.4 Å². The number of unbranched alkanes of at least 4 members (excludes halogenated alkanes) is 3. The van der Waals surface area contributed by atoms with E-state index in [4.69, 9.17) is 11.6 Å². The van der Waals surface area contributed by atoms with Gasteiger partial charge in [-0.15, -0.1) is 11.3 Å². The van der Waals surface area contributed by atoms with Gasteiger partial charge in [-0.2, -0.15) is 0 Å². The molecule has 0 saturated carbocycles. The smallest absolute Gasteiger partial charge is 0.250 e. The van der Waals surface area contributed by atoms with Crippen molar-refractivity contribution in [3.8, 4) is 0 Å². The summed E-state index contributed by atoms with van der Waals surface area (Å²) in [6.45, 7) is 5.63.